The van der Waals surface area contributed by atoms with Crippen molar-refractivity contribution in [2.24, 2.45) is 0 Å². The fourth-order valence-corrected chi connectivity index (χ4v) is 2.69. The minimum Gasteiger partial charge on any atom is -0.493 e. The van der Waals surface area contributed by atoms with Crippen molar-refractivity contribution in [2.45, 2.75) is 33.6 Å². The lowest BCUT2D eigenvalue weighted by Gasteiger charge is -2.10. The molecule has 0 aliphatic carbocycles. The topological polar surface area (TPSA) is 38.3 Å². The molecule has 0 saturated heterocycles. The Morgan fingerprint density at radius 3 is 2.43 bits per heavy atom. The molecule has 1 N–H and O–H groups in total. The average molecular weight is 332 g/mol. The molecule has 1 amide bonds. The largest absolute Gasteiger partial charge is 0.493 e. The molecule has 0 heterocycles. The molecule has 122 valence electrons. The van der Waals surface area contributed by atoms with Gasteiger partial charge in [-0.05, 0) is 74.2 Å². The molecule has 0 unspecified atom stereocenters. The van der Waals surface area contributed by atoms with E-state index in [-0.39, 0.29) is 5.91 Å². The summed E-state index contributed by atoms with van der Waals surface area (Å²) in [5.41, 5.74) is 4.13. The number of carbonyl (C=O) groups is 1. The Hall–Kier alpha value is -2.00. The number of ether oxygens (including phenoxy) is 1. The zero-order chi connectivity index (χ0) is 16.8. The summed E-state index contributed by atoms with van der Waals surface area (Å²) in [4.78, 5) is 12.0. The lowest BCUT2D eigenvalue weighted by Crippen LogP contribution is -2.13. The Labute approximate surface area is 142 Å². The highest BCUT2D eigenvalue weighted by atomic mass is 35.5. The van der Waals surface area contributed by atoms with Crippen LogP contribution in [0.5, 0.6) is 5.75 Å². The van der Waals surface area contributed by atoms with Crippen molar-refractivity contribution in [1.29, 1.82) is 0 Å². The van der Waals surface area contributed by atoms with Crippen molar-refractivity contribution in [3.05, 3.63) is 58.1 Å². The van der Waals surface area contributed by atoms with E-state index in [4.69, 9.17) is 16.3 Å². The van der Waals surface area contributed by atoms with E-state index < -0.39 is 0 Å². The maximum Gasteiger partial charge on any atom is 0.224 e. The Morgan fingerprint density at radius 2 is 1.78 bits per heavy atom. The van der Waals surface area contributed by atoms with E-state index in [2.05, 4.69) is 11.4 Å². The molecule has 2 aromatic rings. The van der Waals surface area contributed by atoms with Gasteiger partial charge in [0.05, 0.1) is 6.61 Å². The van der Waals surface area contributed by atoms with E-state index >= 15 is 0 Å². The second-order valence-corrected chi connectivity index (χ2v) is 6.22. The van der Waals surface area contributed by atoms with Gasteiger partial charge < -0.3 is 10.1 Å². The summed E-state index contributed by atoms with van der Waals surface area (Å²) in [6, 6.07) is 11.5. The summed E-state index contributed by atoms with van der Waals surface area (Å²) in [7, 11) is 0. The molecule has 2 aromatic carbocycles. The van der Waals surface area contributed by atoms with Crippen LogP contribution in [0, 0.1) is 20.8 Å². The van der Waals surface area contributed by atoms with Gasteiger partial charge in [-0.25, -0.2) is 0 Å². The summed E-state index contributed by atoms with van der Waals surface area (Å²) in [5, 5.41) is 3.63. The maximum absolute atomic E-state index is 12.0. The molecule has 0 fully saturated rings. The standard InChI is InChI=1S/C19H22ClNO2/c1-13-9-14(2)11-17(10-13)21-19(22)5-4-8-23-18-7-6-16(20)12-15(18)3/h6-7,9-12H,4-5,8H2,1-3H3,(H,21,22). The molecule has 23 heavy (non-hydrogen) atoms. The molecule has 0 aromatic heterocycles. The molecule has 4 heteroatoms. The summed E-state index contributed by atoms with van der Waals surface area (Å²) >= 11 is 5.91. The second-order valence-electron chi connectivity index (χ2n) is 5.79. The van der Waals surface area contributed by atoms with Crippen LogP contribution in [-0.2, 0) is 4.79 Å². The van der Waals surface area contributed by atoms with Crippen molar-refractivity contribution in [1.82, 2.24) is 0 Å². The molecular weight excluding hydrogens is 310 g/mol. The third-order valence-electron chi connectivity index (χ3n) is 3.45. The fourth-order valence-electron chi connectivity index (χ4n) is 2.46. The number of amides is 1. The molecule has 0 aliphatic heterocycles. The van der Waals surface area contributed by atoms with Gasteiger partial charge in [0.1, 0.15) is 5.75 Å². The van der Waals surface area contributed by atoms with Crippen LogP contribution >= 0.6 is 11.6 Å². The number of anilines is 1. The quantitative estimate of drug-likeness (QED) is 0.751. The first kappa shape index (κ1) is 17.4. The van der Waals surface area contributed by atoms with Gasteiger partial charge in [0.25, 0.3) is 0 Å². The summed E-state index contributed by atoms with van der Waals surface area (Å²) in [6.45, 7) is 6.49. The fraction of sp³-hybridized carbons (Fsp3) is 0.316. The van der Waals surface area contributed by atoms with E-state index in [0.717, 1.165) is 28.1 Å². The molecule has 0 spiro atoms. The van der Waals surface area contributed by atoms with E-state index in [1.54, 1.807) is 6.07 Å². The van der Waals surface area contributed by atoms with E-state index in [1.165, 1.54) is 0 Å². The Balaban J connectivity index is 1.76. The molecule has 2 rings (SSSR count). The van der Waals surface area contributed by atoms with Crippen molar-refractivity contribution in [3.63, 3.8) is 0 Å². The Bertz CT molecular complexity index is 678. The smallest absolute Gasteiger partial charge is 0.224 e. The summed E-state index contributed by atoms with van der Waals surface area (Å²) in [5.74, 6) is 0.815. The van der Waals surface area contributed by atoms with Crippen LogP contribution in [0.3, 0.4) is 0 Å². The van der Waals surface area contributed by atoms with Crippen molar-refractivity contribution in [2.75, 3.05) is 11.9 Å². The van der Waals surface area contributed by atoms with Crippen LogP contribution < -0.4 is 10.1 Å². The molecule has 0 saturated carbocycles. The van der Waals surface area contributed by atoms with Crippen LogP contribution in [0.4, 0.5) is 5.69 Å². The van der Waals surface area contributed by atoms with Gasteiger partial charge in [-0.2, -0.15) is 0 Å². The van der Waals surface area contributed by atoms with Gasteiger partial charge in [0.2, 0.25) is 5.91 Å². The Kier molecular flexibility index (Phi) is 6.05. The van der Waals surface area contributed by atoms with Crippen LogP contribution in [-0.4, -0.2) is 12.5 Å². The molecule has 3 nitrogen and oxygen atoms in total. The number of rotatable bonds is 6. The van der Waals surface area contributed by atoms with Crippen LogP contribution in [0.15, 0.2) is 36.4 Å². The SMILES string of the molecule is Cc1cc(C)cc(NC(=O)CCCOc2ccc(Cl)cc2C)c1. The maximum atomic E-state index is 12.0. The highest BCUT2D eigenvalue weighted by Crippen LogP contribution is 2.22. The van der Waals surface area contributed by atoms with Crippen molar-refractivity contribution >= 4 is 23.2 Å². The highest BCUT2D eigenvalue weighted by Gasteiger charge is 2.05. The first-order valence-corrected chi connectivity index (χ1v) is 8.09. The second kappa shape index (κ2) is 8.02. The van der Waals surface area contributed by atoms with E-state index in [1.807, 2.05) is 45.0 Å². The van der Waals surface area contributed by atoms with Crippen molar-refractivity contribution in [3.8, 4) is 5.75 Å². The van der Waals surface area contributed by atoms with Gasteiger partial charge in [-0.3, -0.25) is 4.79 Å². The van der Waals surface area contributed by atoms with Gasteiger partial charge in [-0.1, -0.05) is 17.7 Å². The van der Waals surface area contributed by atoms with Gasteiger partial charge >= 0.3 is 0 Å². The minimum atomic E-state index is 0.00595. The van der Waals surface area contributed by atoms with E-state index in [9.17, 15) is 4.79 Å². The third-order valence-corrected chi connectivity index (χ3v) is 3.68. The lowest BCUT2D eigenvalue weighted by molar-refractivity contribution is -0.116. The van der Waals surface area contributed by atoms with Crippen molar-refractivity contribution < 1.29 is 9.53 Å². The minimum absolute atomic E-state index is 0.00595. The first-order valence-electron chi connectivity index (χ1n) is 7.71. The Morgan fingerprint density at radius 1 is 1.09 bits per heavy atom. The zero-order valence-electron chi connectivity index (χ0n) is 13.8. The van der Waals surface area contributed by atoms with Gasteiger partial charge in [0, 0.05) is 17.1 Å². The lowest BCUT2D eigenvalue weighted by atomic mass is 10.1. The number of hydrogen-bond donors (Lipinski definition) is 1. The predicted molar refractivity (Wildman–Crippen MR) is 95.5 cm³/mol. The third kappa shape index (κ3) is 5.61. The molecule has 0 aliphatic rings. The summed E-state index contributed by atoms with van der Waals surface area (Å²) in [6.07, 6.45) is 1.10. The first-order chi connectivity index (χ1) is 10.9. The monoisotopic (exact) mass is 331 g/mol. The van der Waals surface area contributed by atoms with Crippen LogP contribution in [0.2, 0.25) is 5.02 Å². The molecule has 0 atom stereocenters. The number of nitrogens with one attached hydrogen (secondary N) is 1. The number of benzene rings is 2. The normalized spacial score (nSPS) is 10.4. The molecular formula is C19H22ClNO2. The number of carbonyl (C=O) groups excluding carboxylic acids is 1. The van der Waals surface area contributed by atoms with Crippen LogP contribution in [0.1, 0.15) is 29.5 Å². The molecule has 0 bridgehead atoms. The van der Waals surface area contributed by atoms with Gasteiger partial charge in [-0.15, -0.1) is 0 Å². The number of hydrogen-bond acceptors (Lipinski definition) is 2. The van der Waals surface area contributed by atoms with Gasteiger partial charge in [0.15, 0.2) is 0 Å². The average Bonchev–Trinajstić information content (AvgIpc) is 2.44. The summed E-state index contributed by atoms with van der Waals surface area (Å²) < 4.78 is 5.69. The molecule has 0 radical (unpaired) electrons. The number of halogens is 1. The van der Waals surface area contributed by atoms with E-state index in [0.29, 0.717) is 24.5 Å². The number of aryl methyl sites for hydroxylation is 3. The predicted octanol–water partition coefficient (Wildman–Crippen LogP) is 5.06. The highest BCUT2D eigenvalue weighted by molar-refractivity contribution is 6.30. The zero-order valence-corrected chi connectivity index (χ0v) is 14.5. The van der Waals surface area contributed by atoms with Crippen LogP contribution in [0.25, 0.3) is 0 Å².